The van der Waals surface area contributed by atoms with Gasteiger partial charge in [-0.15, -0.1) is 0 Å². The molecule has 0 aliphatic heterocycles. The molecule has 0 aromatic rings. The van der Waals surface area contributed by atoms with Crippen molar-refractivity contribution in [1.29, 1.82) is 0 Å². The Hall–Kier alpha value is -3.67. The highest BCUT2D eigenvalue weighted by Crippen LogP contribution is 2.13. The van der Waals surface area contributed by atoms with Crippen molar-refractivity contribution in [3.8, 4) is 0 Å². The van der Waals surface area contributed by atoms with Gasteiger partial charge < -0.3 is 14.2 Å². The normalized spacial score (nSPS) is 12.9. The molecular weight excluding hydrogens is 745 g/mol. The van der Waals surface area contributed by atoms with Crippen LogP contribution in [-0.2, 0) is 28.6 Å². The lowest BCUT2D eigenvalue weighted by atomic mass is 10.1. The van der Waals surface area contributed by atoms with Gasteiger partial charge in [0.1, 0.15) is 13.2 Å². The maximum Gasteiger partial charge on any atom is 0.306 e. The van der Waals surface area contributed by atoms with Crippen LogP contribution in [0.1, 0.15) is 207 Å². The molecule has 340 valence electrons. The molecule has 0 heterocycles. The van der Waals surface area contributed by atoms with Gasteiger partial charge in [-0.2, -0.15) is 0 Å². The van der Waals surface area contributed by atoms with Crippen molar-refractivity contribution in [3.05, 3.63) is 97.2 Å². The van der Waals surface area contributed by atoms with Crippen LogP contribution in [0, 0.1) is 0 Å². The number of hydrogen-bond acceptors (Lipinski definition) is 6. The van der Waals surface area contributed by atoms with E-state index in [1.807, 2.05) is 0 Å². The van der Waals surface area contributed by atoms with E-state index >= 15 is 0 Å². The zero-order chi connectivity index (χ0) is 43.7. The van der Waals surface area contributed by atoms with Gasteiger partial charge in [-0.3, -0.25) is 14.4 Å². The fraction of sp³-hybridized carbons (Fsp3) is 0.648. The minimum atomic E-state index is -0.794. The SMILES string of the molecule is CC/C=C\C/C=C\C/C=C\C/C=C\C/C=C\CCCCCCCCCC(=O)OCC(COC(=O)CCCCCCCC)OC(=O)CCCCC/C=C\C/C=C\C/C=C\CC. The van der Waals surface area contributed by atoms with Crippen LogP contribution in [0.3, 0.4) is 0 Å². The minimum absolute atomic E-state index is 0.0943. The molecule has 0 aromatic heterocycles. The van der Waals surface area contributed by atoms with E-state index in [-0.39, 0.29) is 37.5 Å². The molecule has 0 amide bonds. The van der Waals surface area contributed by atoms with Gasteiger partial charge in [0.2, 0.25) is 0 Å². The molecule has 0 saturated carbocycles. The maximum absolute atomic E-state index is 12.7. The van der Waals surface area contributed by atoms with E-state index in [1.54, 1.807) is 0 Å². The second-order valence-electron chi connectivity index (χ2n) is 15.6. The maximum atomic E-state index is 12.7. The molecule has 1 atom stereocenters. The van der Waals surface area contributed by atoms with Crippen LogP contribution < -0.4 is 0 Å². The number of carbonyl (C=O) groups excluding carboxylic acids is 3. The smallest absolute Gasteiger partial charge is 0.306 e. The quantitative estimate of drug-likeness (QED) is 0.0264. The van der Waals surface area contributed by atoms with Crippen molar-refractivity contribution < 1.29 is 28.6 Å². The Bertz CT molecular complexity index is 1230. The summed E-state index contributed by atoms with van der Waals surface area (Å²) in [4.78, 5) is 37.6. The molecule has 60 heavy (non-hydrogen) atoms. The number of carbonyl (C=O) groups is 3. The molecule has 6 heteroatoms. The topological polar surface area (TPSA) is 78.9 Å². The molecule has 6 nitrogen and oxygen atoms in total. The summed E-state index contributed by atoms with van der Waals surface area (Å²) in [5.41, 5.74) is 0. The first-order valence-corrected chi connectivity index (χ1v) is 24.2. The third-order valence-electron chi connectivity index (χ3n) is 9.83. The molecule has 0 aliphatic rings. The summed E-state index contributed by atoms with van der Waals surface area (Å²) in [6.07, 6.45) is 62.7. The molecule has 0 bridgehead atoms. The highest BCUT2D eigenvalue weighted by Gasteiger charge is 2.19. The lowest BCUT2D eigenvalue weighted by Crippen LogP contribution is -2.30. The van der Waals surface area contributed by atoms with Crippen LogP contribution in [0.4, 0.5) is 0 Å². The van der Waals surface area contributed by atoms with E-state index < -0.39 is 6.10 Å². The van der Waals surface area contributed by atoms with Crippen molar-refractivity contribution in [1.82, 2.24) is 0 Å². The zero-order valence-corrected chi connectivity index (χ0v) is 38.7. The Morgan fingerprint density at radius 1 is 0.350 bits per heavy atom. The van der Waals surface area contributed by atoms with E-state index in [9.17, 15) is 14.4 Å². The van der Waals surface area contributed by atoms with Crippen LogP contribution in [0.2, 0.25) is 0 Å². The Morgan fingerprint density at radius 2 is 0.650 bits per heavy atom. The molecule has 0 fully saturated rings. The molecule has 0 radical (unpaired) electrons. The molecule has 0 aromatic carbocycles. The summed E-state index contributed by atoms with van der Waals surface area (Å²) in [6.45, 7) is 6.29. The molecule has 1 unspecified atom stereocenters. The van der Waals surface area contributed by atoms with E-state index in [0.717, 1.165) is 122 Å². The number of ether oxygens (including phenoxy) is 3. The average molecular weight is 833 g/mol. The summed E-state index contributed by atoms with van der Waals surface area (Å²) in [5, 5.41) is 0. The van der Waals surface area contributed by atoms with Crippen molar-refractivity contribution in [2.45, 2.75) is 213 Å². The number of allylic oxidation sites excluding steroid dienone is 16. The summed E-state index contributed by atoms with van der Waals surface area (Å²) in [6, 6.07) is 0. The van der Waals surface area contributed by atoms with Gasteiger partial charge in [0.05, 0.1) is 0 Å². The highest BCUT2D eigenvalue weighted by molar-refractivity contribution is 5.71. The number of unbranched alkanes of at least 4 members (excludes halogenated alkanes) is 15. The summed E-state index contributed by atoms with van der Waals surface area (Å²) in [7, 11) is 0. The summed E-state index contributed by atoms with van der Waals surface area (Å²) < 4.78 is 16.6. The largest absolute Gasteiger partial charge is 0.462 e. The zero-order valence-electron chi connectivity index (χ0n) is 38.7. The summed E-state index contributed by atoms with van der Waals surface area (Å²) in [5.74, 6) is -0.953. The van der Waals surface area contributed by atoms with E-state index in [0.29, 0.717) is 12.8 Å². The van der Waals surface area contributed by atoms with Crippen LogP contribution in [0.25, 0.3) is 0 Å². The van der Waals surface area contributed by atoms with Gasteiger partial charge in [0.25, 0.3) is 0 Å². The fourth-order valence-corrected chi connectivity index (χ4v) is 6.25. The van der Waals surface area contributed by atoms with Gasteiger partial charge >= 0.3 is 17.9 Å². The van der Waals surface area contributed by atoms with Crippen molar-refractivity contribution in [3.63, 3.8) is 0 Å². The van der Waals surface area contributed by atoms with Crippen molar-refractivity contribution in [2.24, 2.45) is 0 Å². The van der Waals surface area contributed by atoms with Gasteiger partial charge in [-0.05, 0) is 96.3 Å². The monoisotopic (exact) mass is 833 g/mol. The first-order chi connectivity index (χ1) is 29.5. The van der Waals surface area contributed by atoms with Crippen LogP contribution in [-0.4, -0.2) is 37.2 Å². The van der Waals surface area contributed by atoms with Crippen molar-refractivity contribution >= 4 is 17.9 Å². The molecule has 0 rings (SSSR count). The second kappa shape index (κ2) is 48.0. The Labute approximate surface area is 368 Å². The van der Waals surface area contributed by atoms with E-state index in [2.05, 4.69) is 118 Å². The molecule has 0 saturated heterocycles. The fourth-order valence-electron chi connectivity index (χ4n) is 6.25. The first kappa shape index (κ1) is 56.3. The van der Waals surface area contributed by atoms with E-state index in [4.69, 9.17) is 14.2 Å². The van der Waals surface area contributed by atoms with Crippen LogP contribution >= 0.6 is 0 Å². The second-order valence-corrected chi connectivity index (χ2v) is 15.6. The lowest BCUT2D eigenvalue weighted by molar-refractivity contribution is -0.167. The lowest BCUT2D eigenvalue weighted by Gasteiger charge is -2.18. The number of esters is 3. The predicted octanol–water partition coefficient (Wildman–Crippen LogP) is 15.8. The van der Waals surface area contributed by atoms with Crippen LogP contribution in [0.5, 0.6) is 0 Å². The summed E-state index contributed by atoms with van der Waals surface area (Å²) >= 11 is 0. The number of rotatable bonds is 42. The molecule has 0 N–H and O–H groups in total. The molecule has 0 spiro atoms. The highest BCUT2D eigenvalue weighted by atomic mass is 16.6. The van der Waals surface area contributed by atoms with Crippen molar-refractivity contribution in [2.75, 3.05) is 13.2 Å². The van der Waals surface area contributed by atoms with Gasteiger partial charge in [-0.25, -0.2) is 0 Å². The average Bonchev–Trinajstić information content (AvgIpc) is 3.24. The number of hydrogen-bond donors (Lipinski definition) is 0. The molecule has 0 aliphatic carbocycles. The van der Waals surface area contributed by atoms with Gasteiger partial charge in [0.15, 0.2) is 6.10 Å². The third kappa shape index (κ3) is 45.4. The Kier molecular flexibility index (Phi) is 45.1. The van der Waals surface area contributed by atoms with Gasteiger partial charge in [0, 0.05) is 19.3 Å². The third-order valence-corrected chi connectivity index (χ3v) is 9.83. The predicted molar refractivity (Wildman–Crippen MR) is 256 cm³/mol. The Morgan fingerprint density at radius 3 is 1.03 bits per heavy atom. The van der Waals surface area contributed by atoms with E-state index in [1.165, 1.54) is 44.9 Å². The first-order valence-electron chi connectivity index (χ1n) is 24.2. The molecular formula is C54H88O6. The Balaban J connectivity index is 4.26. The van der Waals surface area contributed by atoms with Crippen LogP contribution in [0.15, 0.2) is 97.2 Å². The standard InChI is InChI=1S/C54H88O6/c1-4-7-10-13-16-18-20-22-23-24-25-26-27-28-29-30-31-33-34-36-38-41-44-47-53(56)59-50-51(49-58-52(55)46-43-40-15-12-9-6-3)60-54(57)48-45-42-39-37-35-32-21-19-17-14-11-8-5-2/h7-8,10-11,16-19,22-23,25-26,28-29,32,35,51H,4-6,9,12-15,20-21,24,27,30-31,33-34,36-50H2,1-3H3/b10-7-,11-8-,18-16-,19-17-,23-22-,26-25-,29-28-,35-32-. The minimum Gasteiger partial charge on any atom is -0.462 e. The van der Waals surface area contributed by atoms with Gasteiger partial charge in [-0.1, -0.05) is 189 Å².